The lowest BCUT2D eigenvalue weighted by Crippen LogP contribution is -2.02. The SMILES string of the molecule is Cc1cc(Cl)ccn1.O=C(O)CCCCC(=O)c1cc(Cl)ccn1.O=C1CCC/C1=C(/O)c1cc(Cl)ccn1.O=C1CCCC1.O=C=O. The molecule has 2 aliphatic rings. The van der Waals surface area contributed by atoms with Crippen LogP contribution >= 0.6 is 34.8 Å². The fourth-order valence-corrected chi connectivity index (χ4v) is 4.72. The molecule has 5 rings (SSSR count). The summed E-state index contributed by atoms with van der Waals surface area (Å²) in [7, 11) is 0. The summed E-state index contributed by atoms with van der Waals surface area (Å²) in [5.74, 6) is -0.509. The van der Waals surface area contributed by atoms with E-state index >= 15 is 0 Å². The van der Waals surface area contributed by atoms with Crippen molar-refractivity contribution in [3.05, 3.63) is 92.7 Å². The molecule has 11 nitrogen and oxygen atoms in total. The first-order valence-corrected chi connectivity index (χ1v) is 16.0. The van der Waals surface area contributed by atoms with Gasteiger partial charge in [0.25, 0.3) is 0 Å². The number of rotatable bonds is 7. The van der Waals surface area contributed by atoms with Gasteiger partial charge in [-0.2, -0.15) is 9.59 Å². The summed E-state index contributed by atoms with van der Waals surface area (Å²) >= 11 is 17.1. The molecule has 0 amide bonds. The third-order valence-electron chi connectivity index (χ3n) is 6.49. The van der Waals surface area contributed by atoms with Crippen LogP contribution in [0.2, 0.25) is 15.1 Å². The number of aliphatic hydroxyl groups is 1. The number of carbonyl (C=O) groups is 4. The van der Waals surface area contributed by atoms with Gasteiger partial charge in [0.1, 0.15) is 22.9 Å². The average Bonchev–Trinajstić information content (AvgIpc) is 3.70. The number of hydrogen-bond acceptors (Lipinski definition) is 10. The number of aliphatic hydroxyl groups excluding tert-OH is 1. The highest BCUT2D eigenvalue weighted by Gasteiger charge is 2.22. The maximum atomic E-state index is 11.6. The Morgan fingerprint density at radius 3 is 1.65 bits per heavy atom. The van der Waals surface area contributed by atoms with Gasteiger partial charge in [-0.15, -0.1) is 0 Å². The second kappa shape index (κ2) is 23.9. The van der Waals surface area contributed by atoms with E-state index in [1.165, 1.54) is 18.5 Å². The zero-order valence-electron chi connectivity index (χ0n) is 26.3. The number of carboxylic acid groups (broad SMARTS) is 1. The van der Waals surface area contributed by atoms with Crippen LogP contribution in [0, 0.1) is 6.92 Å². The lowest BCUT2D eigenvalue weighted by Gasteiger charge is -2.02. The quantitative estimate of drug-likeness (QED) is 0.105. The van der Waals surface area contributed by atoms with Gasteiger partial charge in [0.2, 0.25) is 0 Å². The van der Waals surface area contributed by atoms with E-state index in [1.54, 1.807) is 30.5 Å². The molecule has 3 heterocycles. The molecule has 2 saturated carbocycles. The molecular formula is C34H36Cl3N3O8. The normalized spacial score (nSPS) is 13.9. The van der Waals surface area contributed by atoms with Crippen LogP contribution in [0.5, 0.6) is 0 Å². The first-order chi connectivity index (χ1) is 22.9. The number of unbranched alkanes of at least 4 members (excludes halogenated alkanes) is 1. The van der Waals surface area contributed by atoms with Gasteiger partial charge in [-0.3, -0.25) is 34.1 Å². The highest BCUT2D eigenvalue weighted by atomic mass is 35.5. The van der Waals surface area contributed by atoms with Gasteiger partial charge in [-0.1, -0.05) is 34.8 Å². The van der Waals surface area contributed by atoms with E-state index in [1.807, 2.05) is 13.0 Å². The molecule has 0 unspecified atom stereocenters. The maximum Gasteiger partial charge on any atom is 0.373 e. The van der Waals surface area contributed by atoms with Crippen LogP contribution in [0.1, 0.15) is 92.5 Å². The maximum absolute atomic E-state index is 11.6. The zero-order chi connectivity index (χ0) is 35.9. The van der Waals surface area contributed by atoms with Gasteiger partial charge < -0.3 is 10.2 Å². The summed E-state index contributed by atoms with van der Waals surface area (Å²) in [6, 6.07) is 9.87. The predicted molar refractivity (Wildman–Crippen MR) is 180 cm³/mol. The number of halogens is 3. The van der Waals surface area contributed by atoms with Gasteiger partial charge >= 0.3 is 12.1 Å². The molecule has 0 saturated heterocycles. The number of aromatic nitrogens is 3. The molecule has 0 atom stereocenters. The first kappa shape index (κ1) is 41.7. The molecule has 0 radical (unpaired) electrons. The number of carboxylic acids is 1. The molecule has 0 spiro atoms. The minimum absolute atomic E-state index is 0.00859. The zero-order valence-corrected chi connectivity index (χ0v) is 28.6. The first-order valence-electron chi connectivity index (χ1n) is 14.9. The van der Waals surface area contributed by atoms with E-state index in [4.69, 9.17) is 49.5 Å². The Morgan fingerprint density at radius 1 is 0.729 bits per heavy atom. The Balaban J connectivity index is 0.000000329. The molecule has 0 aromatic carbocycles. The Bertz CT molecular complexity index is 1570. The second-order valence-corrected chi connectivity index (χ2v) is 11.6. The number of nitrogens with zero attached hydrogens (tertiary/aromatic N) is 3. The summed E-state index contributed by atoms with van der Waals surface area (Å²) in [5, 5.41) is 20.0. The fourth-order valence-electron chi connectivity index (χ4n) is 4.18. The van der Waals surface area contributed by atoms with E-state index in [0.717, 1.165) is 42.8 Å². The lowest BCUT2D eigenvalue weighted by atomic mass is 10.1. The van der Waals surface area contributed by atoms with Crippen molar-refractivity contribution in [2.75, 3.05) is 0 Å². The summed E-state index contributed by atoms with van der Waals surface area (Å²) < 4.78 is 0. The number of aliphatic carboxylic acids is 1. The summed E-state index contributed by atoms with van der Waals surface area (Å²) in [5.41, 5.74) is 2.14. The number of ketones is 3. The van der Waals surface area contributed by atoms with Gasteiger partial charge in [0.15, 0.2) is 11.6 Å². The number of allylic oxidation sites excluding steroid dienone is 1. The smallest absolute Gasteiger partial charge is 0.373 e. The molecule has 14 heteroatoms. The van der Waals surface area contributed by atoms with Crippen molar-refractivity contribution in [3.8, 4) is 0 Å². The fraction of sp³-hybridized carbons (Fsp3) is 0.353. The second-order valence-electron chi connectivity index (χ2n) is 10.3. The summed E-state index contributed by atoms with van der Waals surface area (Å²) in [6.45, 7) is 1.91. The number of carbonyl (C=O) groups excluding carboxylic acids is 5. The molecule has 2 N–H and O–H groups in total. The largest absolute Gasteiger partial charge is 0.505 e. The van der Waals surface area contributed by atoms with E-state index in [-0.39, 0.29) is 29.9 Å². The van der Waals surface area contributed by atoms with Crippen LogP contribution < -0.4 is 0 Å². The van der Waals surface area contributed by atoms with E-state index in [0.29, 0.717) is 64.9 Å². The lowest BCUT2D eigenvalue weighted by molar-refractivity contribution is -0.191. The molecule has 0 aliphatic heterocycles. The van der Waals surface area contributed by atoms with Crippen molar-refractivity contribution in [1.82, 2.24) is 15.0 Å². The van der Waals surface area contributed by atoms with Crippen molar-refractivity contribution in [1.29, 1.82) is 0 Å². The van der Waals surface area contributed by atoms with Crippen molar-refractivity contribution >= 4 is 70.0 Å². The highest BCUT2D eigenvalue weighted by Crippen LogP contribution is 2.27. The van der Waals surface area contributed by atoms with Crippen molar-refractivity contribution in [2.24, 2.45) is 0 Å². The highest BCUT2D eigenvalue weighted by molar-refractivity contribution is 6.31. The average molecular weight is 721 g/mol. The number of hydrogen-bond donors (Lipinski definition) is 2. The summed E-state index contributed by atoms with van der Waals surface area (Å²) in [6.07, 6.45) is 12.3. The van der Waals surface area contributed by atoms with Crippen LogP contribution in [0.15, 0.2) is 60.6 Å². The van der Waals surface area contributed by atoms with Gasteiger partial charge in [0, 0.05) is 77.0 Å². The molecule has 3 aromatic heterocycles. The number of Topliss-reactive ketones (excluding diaryl/α,β-unsaturated/α-hetero) is 3. The Labute approximate surface area is 293 Å². The van der Waals surface area contributed by atoms with Gasteiger partial charge in [0.05, 0.1) is 0 Å². The molecule has 48 heavy (non-hydrogen) atoms. The molecule has 256 valence electrons. The van der Waals surface area contributed by atoms with Crippen molar-refractivity contribution < 1.29 is 39.0 Å². The van der Waals surface area contributed by atoms with Crippen LogP contribution in [0.3, 0.4) is 0 Å². The predicted octanol–water partition coefficient (Wildman–Crippen LogP) is 7.91. The Hall–Kier alpha value is -4.28. The third kappa shape index (κ3) is 18.2. The van der Waals surface area contributed by atoms with Crippen LogP contribution in [0.25, 0.3) is 5.76 Å². The molecular weight excluding hydrogens is 685 g/mol. The minimum Gasteiger partial charge on any atom is -0.505 e. The van der Waals surface area contributed by atoms with Crippen LogP contribution in [-0.2, 0) is 24.0 Å². The summed E-state index contributed by atoms with van der Waals surface area (Å²) in [4.78, 5) is 71.5. The monoisotopic (exact) mass is 719 g/mol. The van der Waals surface area contributed by atoms with Crippen LogP contribution in [-0.4, -0.2) is 54.6 Å². The topological polar surface area (TPSA) is 182 Å². The molecule has 3 aromatic rings. The number of aryl methyl sites for hydroxylation is 1. The van der Waals surface area contributed by atoms with E-state index < -0.39 is 5.97 Å². The van der Waals surface area contributed by atoms with E-state index in [2.05, 4.69) is 15.0 Å². The minimum atomic E-state index is -0.840. The van der Waals surface area contributed by atoms with Gasteiger partial charge in [-0.05, 0) is 81.8 Å². The van der Waals surface area contributed by atoms with Crippen molar-refractivity contribution in [3.63, 3.8) is 0 Å². The molecule has 0 bridgehead atoms. The van der Waals surface area contributed by atoms with Crippen LogP contribution in [0.4, 0.5) is 0 Å². The Morgan fingerprint density at radius 2 is 1.23 bits per heavy atom. The van der Waals surface area contributed by atoms with Gasteiger partial charge in [-0.25, -0.2) is 0 Å². The number of pyridine rings is 3. The molecule has 2 aliphatic carbocycles. The third-order valence-corrected chi connectivity index (χ3v) is 7.20. The molecule has 2 fully saturated rings. The van der Waals surface area contributed by atoms with Crippen molar-refractivity contribution in [2.45, 2.75) is 77.6 Å². The standard InChI is InChI=1S/C11H12ClNO3.C11H10ClNO2.C6H6ClN.C5H8O.CO2/c12-8-5-6-13-9(7-8)10(14)3-1-2-4-11(15)16;12-7-4-5-13-9(6-7)11(15)8-2-1-3-10(8)14;1-5-4-6(7)2-3-8-5;6-5-3-1-2-4-5;2-1-3/h5-7H,1-4H2,(H,15,16);4-6,15H,1-3H2;2-4H,1H3;1-4H2;/b;11-8-;;;. The van der Waals surface area contributed by atoms with E-state index in [9.17, 15) is 24.3 Å². The Kier molecular flexibility index (Phi) is 20.8.